The van der Waals surface area contributed by atoms with Gasteiger partial charge in [0.25, 0.3) is 0 Å². The molecule has 1 aliphatic carbocycles. The molecule has 4 rings (SSSR count). The molecule has 1 aliphatic heterocycles. The van der Waals surface area contributed by atoms with Gasteiger partial charge in [0, 0.05) is 32.2 Å². The quantitative estimate of drug-likeness (QED) is 0.731. The van der Waals surface area contributed by atoms with Crippen LogP contribution in [0, 0.1) is 5.82 Å². The molecule has 1 aromatic carbocycles. The smallest absolute Gasteiger partial charge is 0.173 e. The highest BCUT2D eigenvalue weighted by Gasteiger charge is 2.32. The number of hydrogen-bond acceptors (Lipinski definition) is 5. The number of rotatable bonds is 7. The average Bonchev–Trinajstić information content (AvgIpc) is 2.99. The fraction of sp³-hybridized carbons (Fsp3) is 0.667. The van der Waals surface area contributed by atoms with Gasteiger partial charge >= 0.3 is 0 Å². The molecule has 0 bridgehead atoms. The van der Waals surface area contributed by atoms with Crippen LogP contribution in [0.2, 0.25) is 0 Å². The zero-order valence-electron chi connectivity index (χ0n) is 16.8. The van der Waals surface area contributed by atoms with Gasteiger partial charge in [-0.25, -0.2) is 9.07 Å². The molecule has 0 radical (unpaired) electrons. The molecule has 7 heteroatoms. The molecule has 1 aromatic heterocycles. The molecule has 6 nitrogen and oxygen atoms in total. The predicted octanol–water partition coefficient (Wildman–Crippen LogP) is 3.26. The summed E-state index contributed by atoms with van der Waals surface area (Å²) in [5.74, 6) is 0.664. The van der Waals surface area contributed by atoms with Crippen molar-refractivity contribution in [3.05, 3.63) is 41.5 Å². The van der Waals surface area contributed by atoms with Gasteiger partial charge in [-0.15, -0.1) is 5.10 Å². The van der Waals surface area contributed by atoms with Crippen molar-refractivity contribution in [3.63, 3.8) is 0 Å². The number of aromatic nitrogens is 4. The lowest BCUT2D eigenvalue weighted by atomic mass is 9.91. The Morgan fingerprint density at radius 1 is 1.07 bits per heavy atom. The maximum atomic E-state index is 13.6. The Bertz CT molecular complexity index is 742. The van der Waals surface area contributed by atoms with Crippen LogP contribution in [0.4, 0.5) is 4.39 Å². The maximum absolute atomic E-state index is 13.6. The van der Waals surface area contributed by atoms with Gasteiger partial charge in [-0.2, -0.15) is 0 Å². The summed E-state index contributed by atoms with van der Waals surface area (Å²) in [5, 5.41) is 12.6. The van der Waals surface area contributed by atoms with Crippen molar-refractivity contribution in [1.29, 1.82) is 0 Å². The predicted molar refractivity (Wildman–Crippen MR) is 106 cm³/mol. The van der Waals surface area contributed by atoms with Crippen molar-refractivity contribution in [3.8, 4) is 0 Å². The fourth-order valence-corrected chi connectivity index (χ4v) is 4.38. The first kappa shape index (κ1) is 19.5. The number of halogens is 1. The first-order valence-electron chi connectivity index (χ1n) is 10.8. The molecule has 0 spiro atoms. The van der Waals surface area contributed by atoms with Crippen molar-refractivity contribution in [2.45, 2.75) is 64.1 Å². The minimum Gasteiger partial charge on any atom is -0.299 e. The van der Waals surface area contributed by atoms with Gasteiger partial charge in [-0.05, 0) is 60.4 Å². The molecule has 0 N–H and O–H groups in total. The Morgan fingerprint density at radius 3 is 2.61 bits per heavy atom. The van der Waals surface area contributed by atoms with Crippen molar-refractivity contribution in [1.82, 2.24) is 30.0 Å². The summed E-state index contributed by atoms with van der Waals surface area (Å²) < 4.78 is 15.5. The highest BCUT2D eigenvalue weighted by Crippen LogP contribution is 2.30. The third-order valence-corrected chi connectivity index (χ3v) is 6.23. The van der Waals surface area contributed by atoms with E-state index in [0.29, 0.717) is 0 Å². The van der Waals surface area contributed by atoms with Crippen LogP contribution in [-0.4, -0.2) is 62.2 Å². The maximum Gasteiger partial charge on any atom is 0.173 e. The molecule has 1 atom stereocenters. The molecule has 2 aliphatic rings. The van der Waals surface area contributed by atoms with E-state index in [9.17, 15) is 4.39 Å². The van der Waals surface area contributed by atoms with Crippen molar-refractivity contribution in [2.24, 2.45) is 0 Å². The second kappa shape index (κ2) is 9.09. The highest BCUT2D eigenvalue weighted by molar-refractivity contribution is 5.25. The van der Waals surface area contributed by atoms with Crippen LogP contribution in [0.3, 0.4) is 0 Å². The second-order valence-electron chi connectivity index (χ2n) is 8.08. The van der Waals surface area contributed by atoms with Gasteiger partial charge in [0.1, 0.15) is 5.82 Å². The van der Waals surface area contributed by atoms with Crippen molar-refractivity contribution >= 4 is 0 Å². The lowest BCUT2D eigenvalue weighted by Gasteiger charge is -2.37. The molecule has 2 fully saturated rings. The van der Waals surface area contributed by atoms with Gasteiger partial charge in [0.15, 0.2) is 5.82 Å². The Kier molecular flexibility index (Phi) is 6.32. The third kappa shape index (κ3) is 4.25. The largest absolute Gasteiger partial charge is 0.299 e. The summed E-state index contributed by atoms with van der Waals surface area (Å²) in [7, 11) is 0. The summed E-state index contributed by atoms with van der Waals surface area (Å²) >= 11 is 0. The fourth-order valence-electron chi connectivity index (χ4n) is 4.38. The molecule has 1 saturated heterocycles. The Labute approximate surface area is 166 Å². The SMILES string of the molecule is CCCCn1nnnc1C(c1ccc(F)cc1)N1CCCN(C2CCC2)CC1. The van der Waals surface area contributed by atoms with Gasteiger partial charge in [-0.1, -0.05) is 31.9 Å². The molecular formula is C21H31FN6. The van der Waals surface area contributed by atoms with E-state index in [1.807, 2.05) is 16.8 Å². The first-order chi connectivity index (χ1) is 13.8. The molecule has 2 aromatic rings. The topological polar surface area (TPSA) is 50.1 Å². The van der Waals surface area contributed by atoms with E-state index in [2.05, 4.69) is 32.2 Å². The highest BCUT2D eigenvalue weighted by atomic mass is 19.1. The minimum atomic E-state index is -0.208. The lowest BCUT2D eigenvalue weighted by Crippen LogP contribution is -2.42. The van der Waals surface area contributed by atoms with Crippen LogP contribution in [0.1, 0.15) is 62.9 Å². The molecule has 152 valence electrons. The monoisotopic (exact) mass is 386 g/mol. The number of unbranched alkanes of at least 4 members (excludes halogenated alkanes) is 1. The van der Waals surface area contributed by atoms with E-state index in [0.717, 1.165) is 69.4 Å². The van der Waals surface area contributed by atoms with Crippen LogP contribution >= 0.6 is 0 Å². The number of tetrazole rings is 1. The van der Waals surface area contributed by atoms with Crippen LogP contribution in [0.25, 0.3) is 0 Å². The van der Waals surface area contributed by atoms with Crippen molar-refractivity contribution in [2.75, 3.05) is 26.2 Å². The molecule has 2 heterocycles. The molecular weight excluding hydrogens is 355 g/mol. The van der Waals surface area contributed by atoms with E-state index in [-0.39, 0.29) is 11.9 Å². The van der Waals surface area contributed by atoms with Gasteiger partial charge in [-0.3, -0.25) is 9.80 Å². The van der Waals surface area contributed by atoms with Crippen LogP contribution in [0.5, 0.6) is 0 Å². The minimum absolute atomic E-state index is 0.0335. The summed E-state index contributed by atoms with van der Waals surface area (Å²) in [4.78, 5) is 5.14. The van der Waals surface area contributed by atoms with Gasteiger partial charge < -0.3 is 0 Å². The number of benzene rings is 1. The molecule has 28 heavy (non-hydrogen) atoms. The number of nitrogens with zero attached hydrogens (tertiary/aromatic N) is 6. The summed E-state index contributed by atoms with van der Waals surface area (Å²) in [6, 6.07) is 7.59. The summed E-state index contributed by atoms with van der Waals surface area (Å²) in [6.45, 7) is 7.23. The first-order valence-corrected chi connectivity index (χ1v) is 10.8. The van der Waals surface area contributed by atoms with E-state index < -0.39 is 0 Å². The lowest BCUT2D eigenvalue weighted by molar-refractivity contribution is 0.127. The zero-order chi connectivity index (χ0) is 19.3. The number of aryl methyl sites for hydroxylation is 1. The molecule has 1 unspecified atom stereocenters. The standard InChI is InChI=1S/C21H31FN6/c1-2-3-14-28-21(23-24-25-28)20(17-8-10-18(22)11-9-17)27-13-5-12-26(15-16-27)19-6-4-7-19/h8-11,19-20H,2-7,12-16H2,1H3. The number of hydrogen-bond donors (Lipinski definition) is 0. The molecule has 0 amide bonds. The third-order valence-electron chi connectivity index (χ3n) is 6.23. The van der Waals surface area contributed by atoms with E-state index in [1.165, 1.54) is 19.3 Å². The Hall–Kier alpha value is -1.86. The van der Waals surface area contributed by atoms with E-state index in [4.69, 9.17) is 0 Å². The van der Waals surface area contributed by atoms with Gasteiger partial charge in [0.05, 0.1) is 6.04 Å². The van der Waals surface area contributed by atoms with E-state index >= 15 is 0 Å². The van der Waals surface area contributed by atoms with E-state index in [1.54, 1.807) is 12.1 Å². The Balaban J connectivity index is 1.59. The zero-order valence-corrected chi connectivity index (χ0v) is 16.8. The van der Waals surface area contributed by atoms with Crippen LogP contribution in [0.15, 0.2) is 24.3 Å². The second-order valence-corrected chi connectivity index (χ2v) is 8.08. The average molecular weight is 387 g/mol. The van der Waals surface area contributed by atoms with Crippen molar-refractivity contribution < 1.29 is 4.39 Å². The molecule has 1 saturated carbocycles. The summed E-state index contributed by atoms with van der Waals surface area (Å²) in [6.07, 6.45) is 7.34. The normalized spacial score (nSPS) is 20.6. The summed E-state index contributed by atoms with van der Waals surface area (Å²) in [5.41, 5.74) is 1.06. The van der Waals surface area contributed by atoms with Gasteiger partial charge in [0.2, 0.25) is 0 Å². The van der Waals surface area contributed by atoms with Crippen LogP contribution in [-0.2, 0) is 6.54 Å². The Morgan fingerprint density at radius 2 is 1.89 bits per heavy atom. The van der Waals surface area contributed by atoms with Crippen LogP contribution < -0.4 is 0 Å².